The number of nitrogens with zero attached hydrogens (tertiary/aromatic N) is 2. The summed E-state index contributed by atoms with van der Waals surface area (Å²) in [7, 11) is 0. The average molecular weight is 160 g/mol. The molecule has 0 unspecified atom stereocenters. The van der Waals surface area contributed by atoms with Crippen LogP contribution in [0.4, 0.5) is 0 Å². The van der Waals surface area contributed by atoms with E-state index in [9.17, 15) is 0 Å². The largest absolute Gasteiger partial charge is 0.255 e. The van der Waals surface area contributed by atoms with Gasteiger partial charge < -0.3 is 0 Å². The fraction of sp³-hybridized carbons (Fsp3) is 0. The monoisotopic (exact) mass is 160 g/mol. The maximum absolute atomic E-state index is 8.68. The highest BCUT2D eigenvalue weighted by atomic mass is 32.1. The third kappa shape index (κ3) is 0.883. The van der Waals surface area contributed by atoms with Crippen LogP contribution in [0.3, 0.4) is 0 Å². The van der Waals surface area contributed by atoms with E-state index in [1.54, 1.807) is 23.6 Å². The quantitative estimate of drug-likeness (QED) is 0.592. The number of aromatic nitrogens is 1. The number of hydrogen-bond donors (Lipinski definition) is 0. The average Bonchev–Trinajstić information content (AvgIpc) is 2.50. The summed E-state index contributed by atoms with van der Waals surface area (Å²) < 4.78 is 0.981. The molecule has 2 rings (SSSR count). The molecule has 0 aliphatic carbocycles. The van der Waals surface area contributed by atoms with Crippen LogP contribution in [-0.2, 0) is 0 Å². The van der Waals surface area contributed by atoms with E-state index >= 15 is 0 Å². The van der Waals surface area contributed by atoms with Crippen molar-refractivity contribution >= 4 is 21.6 Å². The van der Waals surface area contributed by atoms with E-state index in [1.165, 1.54) is 0 Å². The van der Waals surface area contributed by atoms with Crippen LogP contribution in [0.25, 0.3) is 10.2 Å². The van der Waals surface area contributed by atoms with Gasteiger partial charge in [-0.15, -0.1) is 11.3 Å². The third-order valence-electron chi connectivity index (χ3n) is 1.46. The molecule has 0 saturated heterocycles. The van der Waals surface area contributed by atoms with Crippen LogP contribution in [0.2, 0.25) is 0 Å². The first-order valence-electron chi connectivity index (χ1n) is 3.14. The first-order valence-corrected chi connectivity index (χ1v) is 4.02. The smallest absolute Gasteiger partial charge is 0.101 e. The number of hydrogen-bond acceptors (Lipinski definition) is 3. The summed E-state index contributed by atoms with van der Waals surface area (Å²) >= 11 is 1.55. The summed E-state index contributed by atoms with van der Waals surface area (Å²) in [5.41, 5.74) is 1.62. The van der Waals surface area contributed by atoms with Crippen LogP contribution >= 0.6 is 11.3 Å². The van der Waals surface area contributed by atoms with Gasteiger partial charge in [0.1, 0.15) is 6.07 Å². The molecule has 2 aromatic rings. The first kappa shape index (κ1) is 6.32. The van der Waals surface area contributed by atoms with Crippen LogP contribution < -0.4 is 0 Å². The predicted molar refractivity (Wildman–Crippen MR) is 44.3 cm³/mol. The second-order valence-electron chi connectivity index (χ2n) is 2.11. The summed E-state index contributed by atoms with van der Waals surface area (Å²) in [5, 5.41) is 10.6. The van der Waals surface area contributed by atoms with Crippen molar-refractivity contribution in [2.24, 2.45) is 0 Å². The van der Waals surface area contributed by atoms with Crippen molar-refractivity contribution in [3.8, 4) is 6.07 Å². The molecule has 0 amide bonds. The van der Waals surface area contributed by atoms with Crippen molar-refractivity contribution in [1.82, 2.24) is 4.98 Å². The molecule has 11 heavy (non-hydrogen) atoms. The van der Waals surface area contributed by atoms with E-state index < -0.39 is 0 Å². The zero-order chi connectivity index (χ0) is 7.68. The number of pyridine rings is 1. The molecule has 0 N–H and O–H groups in total. The van der Waals surface area contributed by atoms with E-state index in [0.29, 0.717) is 5.56 Å². The molecule has 0 atom stereocenters. The summed E-state index contributed by atoms with van der Waals surface area (Å²) in [6, 6.07) is 5.78. The Morgan fingerprint density at radius 3 is 3.18 bits per heavy atom. The van der Waals surface area contributed by atoms with Crippen molar-refractivity contribution in [2.75, 3.05) is 0 Å². The van der Waals surface area contributed by atoms with Crippen LogP contribution in [-0.4, -0.2) is 4.98 Å². The van der Waals surface area contributed by atoms with Crippen molar-refractivity contribution in [3.05, 3.63) is 29.3 Å². The second kappa shape index (κ2) is 2.33. The molecule has 2 nitrogen and oxygen atoms in total. The van der Waals surface area contributed by atoms with Crippen molar-refractivity contribution < 1.29 is 0 Å². The minimum absolute atomic E-state index is 0.713. The predicted octanol–water partition coefficient (Wildman–Crippen LogP) is 2.17. The van der Waals surface area contributed by atoms with Gasteiger partial charge in [-0.1, -0.05) is 0 Å². The van der Waals surface area contributed by atoms with Gasteiger partial charge in [-0.25, -0.2) is 0 Å². The second-order valence-corrected chi connectivity index (χ2v) is 3.02. The minimum atomic E-state index is 0.713. The lowest BCUT2D eigenvalue weighted by Gasteiger charge is -1.88. The maximum atomic E-state index is 8.68. The van der Waals surface area contributed by atoms with Gasteiger partial charge in [0.25, 0.3) is 0 Å². The van der Waals surface area contributed by atoms with Gasteiger partial charge in [-0.05, 0) is 17.5 Å². The Balaban J connectivity index is 2.92. The number of nitriles is 1. The zero-order valence-electron chi connectivity index (χ0n) is 5.61. The Labute approximate surface area is 67.7 Å². The highest BCUT2D eigenvalue weighted by Gasteiger charge is 2.00. The molecule has 0 bridgehead atoms. The number of fused-ring (bicyclic) bond motifs is 1. The van der Waals surface area contributed by atoms with Gasteiger partial charge in [0.2, 0.25) is 0 Å². The lowest BCUT2D eigenvalue weighted by molar-refractivity contribution is 1.41. The fourth-order valence-electron chi connectivity index (χ4n) is 0.962. The lowest BCUT2D eigenvalue weighted by atomic mass is 10.3. The lowest BCUT2D eigenvalue weighted by Crippen LogP contribution is -1.75. The van der Waals surface area contributed by atoms with Gasteiger partial charge in [0.05, 0.1) is 15.8 Å². The number of rotatable bonds is 0. The minimum Gasteiger partial charge on any atom is -0.255 e. The Bertz CT molecular complexity index is 425. The van der Waals surface area contributed by atoms with Crippen LogP contribution in [0, 0.1) is 11.3 Å². The van der Waals surface area contributed by atoms with E-state index in [4.69, 9.17) is 5.26 Å². The van der Waals surface area contributed by atoms with Crippen molar-refractivity contribution in [1.29, 1.82) is 5.26 Å². The van der Waals surface area contributed by atoms with Gasteiger partial charge in [-0.3, -0.25) is 4.98 Å². The maximum Gasteiger partial charge on any atom is 0.101 e. The molecular formula is C8H4N2S. The molecule has 3 heteroatoms. The van der Waals surface area contributed by atoms with E-state index in [2.05, 4.69) is 11.1 Å². The van der Waals surface area contributed by atoms with E-state index in [-0.39, 0.29) is 0 Å². The van der Waals surface area contributed by atoms with Crippen molar-refractivity contribution in [3.63, 3.8) is 0 Å². The van der Waals surface area contributed by atoms with Crippen LogP contribution in [0.15, 0.2) is 23.7 Å². The third-order valence-corrected chi connectivity index (χ3v) is 2.40. The topological polar surface area (TPSA) is 36.7 Å². The summed E-state index contributed by atoms with van der Waals surface area (Å²) in [6.45, 7) is 0. The molecule has 0 aliphatic heterocycles. The highest BCUT2D eigenvalue weighted by molar-refractivity contribution is 7.17. The Hall–Kier alpha value is -1.40. The molecule has 2 heterocycles. The summed E-state index contributed by atoms with van der Waals surface area (Å²) in [6.07, 6.45) is 1.66. The van der Waals surface area contributed by atoms with Crippen LogP contribution in [0.5, 0.6) is 0 Å². The van der Waals surface area contributed by atoms with Gasteiger partial charge in [-0.2, -0.15) is 5.26 Å². The van der Waals surface area contributed by atoms with Gasteiger partial charge >= 0.3 is 0 Å². The van der Waals surface area contributed by atoms with E-state index in [0.717, 1.165) is 10.2 Å². The first-order chi connectivity index (χ1) is 5.42. The Morgan fingerprint density at radius 2 is 2.36 bits per heavy atom. The van der Waals surface area contributed by atoms with Crippen LogP contribution in [0.1, 0.15) is 5.56 Å². The number of thiophene rings is 1. The summed E-state index contributed by atoms with van der Waals surface area (Å²) in [4.78, 5) is 4.11. The summed E-state index contributed by atoms with van der Waals surface area (Å²) in [5.74, 6) is 0. The molecule has 2 aromatic heterocycles. The SMILES string of the molecule is N#Cc1ccnc2ccsc12. The molecule has 0 radical (unpaired) electrons. The highest BCUT2D eigenvalue weighted by Crippen LogP contribution is 2.21. The van der Waals surface area contributed by atoms with Crippen molar-refractivity contribution in [2.45, 2.75) is 0 Å². The molecule has 52 valence electrons. The fourth-order valence-corrected chi connectivity index (χ4v) is 1.78. The molecule has 0 spiro atoms. The van der Waals surface area contributed by atoms with Gasteiger partial charge in [0, 0.05) is 6.20 Å². The standard InChI is InChI=1S/C8H4N2S/c9-5-6-1-3-10-7-2-4-11-8(6)7/h1-4H. The molecule has 0 aliphatic rings. The van der Waals surface area contributed by atoms with Gasteiger partial charge in [0.15, 0.2) is 0 Å². The normalized spacial score (nSPS) is 9.73. The molecule has 0 fully saturated rings. The molecular weight excluding hydrogens is 156 g/mol. The molecule has 0 saturated carbocycles. The zero-order valence-corrected chi connectivity index (χ0v) is 6.43. The Morgan fingerprint density at radius 1 is 1.45 bits per heavy atom. The Kier molecular flexibility index (Phi) is 1.34. The van der Waals surface area contributed by atoms with E-state index in [1.807, 2.05) is 11.4 Å². The molecule has 0 aromatic carbocycles.